The second-order valence-corrected chi connectivity index (χ2v) is 8.23. The van der Waals surface area contributed by atoms with Crippen molar-refractivity contribution in [2.75, 3.05) is 19.4 Å². The Hall–Kier alpha value is -1.59. The molecule has 1 atom stereocenters. The number of rotatable bonds is 9. The first kappa shape index (κ1) is 19.7. The molecule has 0 fully saturated rings. The highest BCUT2D eigenvalue weighted by atomic mass is 32.2. The van der Waals surface area contributed by atoms with Gasteiger partial charge in [0, 0.05) is 22.9 Å². The van der Waals surface area contributed by atoms with Crippen LogP contribution in [0.1, 0.15) is 18.1 Å². The number of carbonyl (C=O) groups excluding carboxylic acids is 1. The summed E-state index contributed by atoms with van der Waals surface area (Å²) in [6.07, 6.45) is 0. The number of hydrogen-bond donors (Lipinski definition) is 1. The van der Waals surface area contributed by atoms with Crippen molar-refractivity contribution >= 4 is 29.4 Å². The van der Waals surface area contributed by atoms with Crippen molar-refractivity contribution in [2.24, 2.45) is 0 Å². The third-order valence-corrected chi connectivity index (χ3v) is 5.93. The summed E-state index contributed by atoms with van der Waals surface area (Å²) in [6.45, 7) is 4.77. The largest absolute Gasteiger partial charge is 0.497 e. The van der Waals surface area contributed by atoms with Crippen LogP contribution in [-0.4, -0.2) is 30.6 Å². The van der Waals surface area contributed by atoms with Crippen LogP contribution < -0.4 is 10.1 Å². The van der Waals surface area contributed by atoms with Gasteiger partial charge in [-0.2, -0.15) is 11.8 Å². The minimum atomic E-state index is -0.116. The monoisotopic (exact) mass is 375 g/mol. The zero-order valence-corrected chi connectivity index (χ0v) is 16.6. The quantitative estimate of drug-likeness (QED) is 0.516. The van der Waals surface area contributed by atoms with Gasteiger partial charge in [0.15, 0.2) is 0 Å². The van der Waals surface area contributed by atoms with Gasteiger partial charge in [-0.3, -0.25) is 4.79 Å². The first-order valence-corrected chi connectivity index (χ1v) is 10.3. The lowest BCUT2D eigenvalue weighted by molar-refractivity contribution is -0.120. The molecule has 2 rings (SSSR count). The standard InChI is InChI=1S/C20H25NO2S2/c1-15-6-4-5-7-17(15)14-24-13-12-21-20(22)16(2)25-19-10-8-18(23-3)9-11-19/h4-11,16H,12-14H2,1-3H3,(H,21,22)/t16-/m0/s1. The van der Waals surface area contributed by atoms with Gasteiger partial charge in [-0.15, -0.1) is 11.8 Å². The fourth-order valence-corrected chi connectivity index (χ4v) is 4.08. The van der Waals surface area contributed by atoms with Crippen LogP contribution in [-0.2, 0) is 10.5 Å². The second-order valence-electron chi connectivity index (χ2n) is 5.71. The van der Waals surface area contributed by atoms with Crippen LogP contribution in [0.3, 0.4) is 0 Å². The molecule has 0 aliphatic carbocycles. The minimum absolute atomic E-state index is 0.0808. The van der Waals surface area contributed by atoms with E-state index < -0.39 is 0 Å². The maximum absolute atomic E-state index is 12.2. The fourth-order valence-electron chi connectivity index (χ4n) is 2.26. The van der Waals surface area contributed by atoms with Crippen molar-refractivity contribution in [3.63, 3.8) is 0 Å². The molecule has 2 aromatic carbocycles. The summed E-state index contributed by atoms with van der Waals surface area (Å²) in [4.78, 5) is 13.3. The summed E-state index contributed by atoms with van der Waals surface area (Å²) in [6, 6.07) is 16.2. The molecule has 134 valence electrons. The van der Waals surface area contributed by atoms with Crippen molar-refractivity contribution in [1.82, 2.24) is 5.32 Å². The molecule has 0 saturated carbocycles. The van der Waals surface area contributed by atoms with E-state index in [1.807, 2.05) is 43.0 Å². The van der Waals surface area contributed by atoms with Gasteiger partial charge in [-0.25, -0.2) is 0 Å². The van der Waals surface area contributed by atoms with Crippen LogP contribution in [0.15, 0.2) is 53.4 Å². The Morgan fingerprint density at radius 3 is 2.56 bits per heavy atom. The first-order valence-electron chi connectivity index (χ1n) is 8.31. The van der Waals surface area contributed by atoms with E-state index in [0.717, 1.165) is 22.2 Å². The molecule has 0 spiro atoms. The number of nitrogens with one attached hydrogen (secondary N) is 1. The Kier molecular flexibility index (Phi) is 8.22. The first-order chi connectivity index (χ1) is 12.1. The number of aryl methyl sites for hydroxylation is 1. The molecule has 0 aliphatic rings. The van der Waals surface area contributed by atoms with Crippen molar-refractivity contribution in [2.45, 2.75) is 29.7 Å². The van der Waals surface area contributed by atoms with E-state index in [1.165, 1.54) is 11.1 Å². The molecule has 0 saturated heterocycles. The summed E-state index contributed by atoms with van der Waals surface area (Å²) in [5.74, 6) is 2.81. The normalized spacial score (nSPS) is 11.8. The van der Waals surface area contributed by atoms with Crippen LogP contribution in [0.5, 0.6) is 5.75 Å². The van der Waals surface area contributed by atoms with Gasteiger partial charge >= 0.3 is 0 Å². The maximum atomic E-state index is 12.2. The van der Waals surface area contributed by atoms with E-state index in [2.05, 4.69) is 36.5 Å². The van der Waals surface area contributed by atoms with Gasteiger partial charge in [0.05, 0.1) is 12.4 Å². The zero-order valence-electron chi connectivity index (χ0n) is 15.0. The van der Waals surface area contributed by atoms with E-state index in [0.29, 0.717) is 6.54 Å². The second kappa shape index (κ2) is 10.4. The number of hydrogen-bond acceptors (Lipinski definition) is 4. The van der Waals surface area contributed by atoms with Gasteiger partial charge < -0.3 is 10.1 Å². The fraction of sp³-hybridized carbons (Fsp3) is 0.350. The number of carbonyl (C=O) groups is 1. The lowest BCUT2D eigenvalue weighted by Gasteiger charge is -2.12. The molecule has 1 N–H and O–H groups in total. The van der Waals surface area contributed by atoms with Crippen LogP contribution in [0.2, 0.25) is 0 Å². The van der Waals surface area contributed by atoms with Crippen molar-refractivity contribution in [3.05, 3.63) is 59.7 Å². The van der Waals surface area contributed by atoms with Gasteiger partial charge in [-0.05, 0) is 49.2 Å². The Balaban J connectivity index is 1.66. The van der Waals surface area contributed by atoms with Gasteiger partial charge in [0.1, 0.15) is 5.75 Å². The lowest BCUT2D eigenvalue weighted by atomic mass is 10.1. The summed E-state index contributed by atoms with van der Waals surface area (Å²) in [5, 5.41) is 2.90. The molecule has 3 nitrogen and oxygen atoms in total. The summed E-state index contributed by atoms with van der Waals surface area (Å²) in [5.41, 5.74) is 2.69. The zero-order chi connectivity index (χ0) is 18.1. The maximum Gasteiger partial charge on any atom is 0.233 e. The Labute approximate surface area is 158 Å². The third-order valence-electron chi connectivity index (χ3n) is 3.81. The van der Waals surface area contributed by atoms with Crippen LogP contribution in [0, 0.1) is 6.92 Å². The van der Waals surface area contributed by atoms with E-state index >= 15 is 0 Å². The summed E-state index contributed by atoms with van der Waals surface area (Å²) in [7, 11) is 1.65. The highest BCUT2D eigenvalue weighted by molar-refractivity contribution is 8.00. The van der Waals surface area contributed by atoms with E-state index in [1.54, 1.807) is 18.9 Å². The van der Waals surface area contributed by atoms with Crippen molar-refractivity contribution < 1.29 is 9.53 Å². The number of thioether (sulfide) groups is 2. The summed E-state index contributed by atoms with van der Waals surface area (Å²) < 4.78 is 5.15. The number of amides is 1. The molecule has 0 aromatic heterocycles. The third kappa shape index (κ3) is 6.67. The molecule has 0 radical (unpaired) electrons. The molecule has 25 heavy (non-hydrogen) atoms. The van der Waals surface area contributed by atoms with Gasteiger partial charge in [-0.1, -0.05) is 24.3 Å². The SMILES string of the molecule is COc1ccc(S[C@@H](C)C(=O)NCCSCc2ccccc2C)cc1. The average molecular weight is 376 g/mol. The molecule has 0 bridgehead atoms. The smallest absolute Gasteiger partial charge is 0.233 e. The number of methoxy groups -OCH3 is 1. The highest BCUT2D eigenvalue weighted by Crippen LogP contribution is 2.25. The molecule has 0 aliphatic heterocycles. The molecule has 1 amide bonds. The molecule has 0 unspecified atom stereocenters. The molecule has 2 aromatic rings. The van der Waals surface area contributed by atoms with Crippen LogP contribution in [0.25, 0.3) is 0 Å². The summed E-state index contributed by atoms with van der Waals surface area (Å²) >= 11 is 3.41. The molecular formula is C20H25NO2S2. The van der Waals surface area contributed by atoms with E-state index in [-0.39, 0.29) is 11.2 Å². The molecule has 0 heterocycles. The number of benzene rings is 2. The number of ether oxygens (including phenoxy) is 1. The topological polar surface area (TPSA) is 38.3 Å². The van der Waals surface area contributed by atoms with E-state index in [4.69, 9.17) is 4.74 Å². The molecular weight excluding hydrogens is 350 g/mol. The predicted molar refractivity (Wildman–Crippen MR) is 109 cm³/mol. The Morgan fingerprint density at radius 2 is 1.88 bits per heavy atom. The minimum Gasteiger partial charge on any atom is -0.497 e. The van der Waals surface area contributed by atoms with Crippen LogP contribution in [0.4, 0.5) is 0 Å². The van der Waals surface area contributed by atoms with Gasteiger partial charge in [0.2, 0.25) is 5.91 Å². The van der Waals surface area contributed by atoms with Crippen LogP contribution >= 0.6 is 23.5 Å². The predicted octanol–water partition coefficient (Wildman–Crippen LogP) is 4.53. The lowest BCUT2D eigenvalue weighted by Crippen LogP contribution is -2.32. The average Bonchev–Trinajstić information content (AvgIpc) is 2.63. The highest BCUT2D eigenvalue weighted by Gasteiger charge is 2.13. The van der Waals surface area contributed by atoms with E-state index in [9.17, 15) is 4.79 Å². The Bertz CT molecular complexity index is 674. The van der Waals surface area contributed by atoms with Gasteiger partial charge in [0.25, 0.3) is 0 Å². The molecule has 5 heteroatoms. The van der Waals surface area contributed by atoms with Crippen molar-refractivity contribution in [3.8, 4) is 5.75 Å². The Morgan fingerprint density at radius 1 is 1.16 bits per heavy atom. The van der Waals surface area contributed by atoms with Crippen molar-refractivity contribution in [1.29, 1.82) is 0 Å².